The van der Waals surface area contributed by atoms with Crippen molar-refractivity contribution in [1.82, 2.24) is 0 Å². The Labute approximate surface area is 806 Å². The van der Waals surface area contributed by atoms with Gasteiger partial charge in [0, 0.05) is 132 Å². The fourth-order valence-corrected chi connectivity index (χ4v) is 25.8. The first kappa shape index (κ1) is 73.9. The maximum Gasteiger partial charge on any atom is 0.264 e. The number of hydrogen-bond acceptors (Lipinski definition) is 11. The van der Waals surface area contributed by atoms with Gasteiger partial charge in [-0.1, -0.05) is 247 Å². The summed E-state index contributed by atoms with van der Waals surface area (Å²) in [4.78, 5) is 18.3. The molecule has 20 aromatic rings. The van der Waals surface area contributed by atoms with Gasteiger partial charge >= 0.3 is 0 Å². The second kappa shape index (κ2) is 31.2. The molecule has 0 saturated carbocycles. The maximum atomic E-state index is 12.3. The summed E-state index contributed by atoms with van der Waals surface area (Å²) in [7, 11) is 0. The Morgan fingerprint density at radius 2 is 0.511 bits per heavy atom. The Morgan fingerprint density at radius 3 is 0.867 bits per heavy atom. The lowest BCUT2D eigenvalue weighted by Gasteiger charge is -2.48. The zero-order valence-electron chi connectivity index (χ0n) is 82.1. The van der Waals surface area contributed by atoms with E-state index in [-0.39, 0.29) is 36.3 Å². The molecule has 0 fully saturated rings. The highest BCUT2D eigenvalue weighted by atomic mass is 32.1. The summed E-state index contributed by atoms with van der Waals surface area (Å²) in [5.74, 6) is 0. The van der Waals surface area contributed by atoms with Crippen LogP contribution >= 0.6 is 22.7 Å². The molecular formula is C121H92B3N9S2. The molecule has 8 heterocycles. The van der Waals surface area contributed by atoms with Gasteiger partial charge in [0.25, 0.3) is 20.1 Å². The number of hydrogen-bond donors (Lipinski definition) is 1. The molecule has 0 amide bonds. The first-order chi connectivity index (χ1) is 68.8. The predicted octanol–water partition coefficient (Wildman–Crippen LogP) is 27.8. The lowest BCUT2D eigenvalue weighted by molar-refractivity contribution is 1.17. The van der Waals surface area contributed by atoms with Crippen LogP contribution in [0.2, 0.25) is 0 Å². The van der Waals surface area contributed by atoms with E-state index in [2.05, 4.69) is 343 Å². The third-order valence-electron chi connectivity index (χ3n) is 28.1. The van der Waals surface area contributed by atoms with Crippen LogP contribution in [0.1, 0.15) is 58.3 Å². The van der Waals surface area contributed by atoms with Crippen molar-refractivity contribution in [2.75, 3.05) is 44.5 Å². The van der Waals surface area contributed by atoms with Crippen molar-refractivity contribution < 1.29 is 8.22 Å². The molecule has 0 saturated heterocycles. The molecule has 0 spiro atoms. The van der Waals surface area contributed by atoms with Gasteiger partial charge in [0.2, 0.25) is 0 Å². The van der Waals surface area contributed by atoms with Gasteiger partial charge in [-0.05, 0) is 292 Å². The van der Waals surface area contributed by atoms with Crippen molar-refractivity contribution in [2.45, 2.75) is 62.3 Å². The van der Waals surface area contributed by atoms with Crippen LogP contribution in [0, 0.1) is 62.3 Å². The van der Waals surface area contributed by atoms with Crippen LogP contribution in [0.15, 0.2) is 388 Å². The van der Waals surface area contributed by atoms with Crippen LogP contribution in [-0.2, 0) is 0 Å². The minimum Gasteiger partial charge on any atom is -0.356 e. The smallest absolute Gasteiger partial charge is 0.264 e. The van der Waals surface area contributed by atoms with Gasteiger partial charge in [-0.2, -0.15) is 0 Å². The number of fused-ring (bicyclic) bond motifs is 16. The van der Waals surface area contributed by atoms with Gasteiger partial charge in [0.05, 0.1) is 53.7 Å². The molecule has 2 aromatic heterocycles. The van der Waals surface area contributed by atoms with Crippen molar-refractivity contribution in [3.05, 3.63) is 438 Å². The van der Waals surface area contributed by atoms with E-state index >= 15 is 0 Å². The topological polar surface area (TPSA) is 38.0 Å². The number of nitrogens with one attached hydrogen (secondary N) is 1. The van der Waals surface area contributed by atoms with Gasteiger partial charge < -0.3 is 44.5 Å². The molecule has 14 heteroatoms. The number of anilines is 26. The van der Waals surface area contributed by atoms with E-state index in [0.717, 1.165) is 215 Å². The van der Waals surface area contributed by atoms with Crippen LogP contribution in [0.4, 0.5) is 148 Å². The number of para-hydroxylation sites is 8. The van der Waals surface area contributed by atoms with E-state index < -0.39 is 20.1 Å². The number of benzene rings is 18. The summed E-state index contributed by atoms with van der Waals surface area (Å²) >= 11 is 3.54. The molecule has 0 aliphatic carbocycles. The summed E-state index contributed by atoms with van der Waals surface area (Å²) in [6.07, 6.45) is 0. The molecule has 0 bridgehead atoms. The van der Waals surface area contributed by atoms with Gasteiger partial charge in [0.1, 0.15) is 0 Å². The highest BCUT2D eigenvalue weighted by Crippen LogP contribution is 2.58. The van der Waals surface area contributed by atoms with Crippen LogP contribution in [0.5, 0.6) is 0 Å². The first-order valence-electron chi connectivity index (χ1n) is 49.5. The van der Waals surface area contributed by atoms with Crippen LogP contribution in [-0.4, -0.2) is 20.1 Å². The van der Waals surface area contributed by atoms with Crippen LogP contribution in [0.25, 0.3) is 20.2 Å². The van der Waals surface area contributed by atoms with Crippen LogP contribution < -0.4 is 92.3 Å². The molecule has 1 N–H and O–H groups in total. The lowest BCUT2D eigenvalue weighted by atomic mass is 9.30. The summed E-state index contributed by atoms with van der Waals surface area (Å²) in [5.41, 5.74) is 34.6. The fourth-order valence-electron chi connectivity index (χ4n) is 23.2. The zero-order chi connectivity index (χ0) is 95.7. The van der Waals surface area contributed by atoms with Crippen LogP contribution in [0.3, 0.4) is 0 Å². The van der Waals surface area contributed by atoms with E-state index in [0.29, 0.717) is 51.2 Å². The molecular weight excluding hydrogens is 1680 g/mol. The summed E-state index contributed by atoms with van der Waals surface area (Å²) in [6, 6.07) is 124. The van der Waals surface area contributed by atoms with E-state index in [1.54, 1.807) is 22.7 Å². The van der Waals surface area contributed by atoms with Gasteiger partial charge in [-0.25, -0.2) is 0 Å². The summed E-state index contributed by atoms with van der Waals surface area (Å²) < 4.78 is 75.3. The van der Waals surface area contributed by atoms with Crippen molar-refractivity contribution in [3.63, 3.8) is 0 Å². The third kappa shape index (κ3) is 12.5. The van der Waals surface area contributed by atoms with Crippen molar-refractivity contribution in [3.8, 4) is 0 Å². The third-order valence-corrected chi connectivity index (χ3v) is 30.5. The zero-order valence-corrected chi connectivity index (χ0v) is 77.7. The lowest BCUT2D eigenvalue weighted by Crippen LogP contribution is -2.66. The largest absolute Gasteiger partial charge is 0.356 e. The predicted molar refractivity (Wildman–Crippen MR) is 581 cm³/mol. The van der Waals surface area contributed by atoms with E-state index in [4.69, 9.17) is 0 Å². The second-order valence-corrected chi connectivity index (χ2v) is 38.9. The van der Waals surface area contributed by atoms with Crippen molar-refractivity contribution in [1.29, 1.82) is 0 Å². The molecule has 6 aliphatic rings. The summed E-state index contributed by atoms with van der Waals surface area (Å²) in [5, 5.41) is 6.29. The van der Waals surface area contributed by atoms with Gasteiger partial charge in [-0.3, -0.25) is 0 Å². The van der Waals surface area contributed by atoms with E-state index in [1.807, 2.05) is 115 Å². The molecule has 0 radical (unpaired) electrons. The minimum atomic E-state index is -0.808. The first-order valence-corrected chi connectivity index (χ1v) is 48.1. The highest BCUT2D eigenvalue weighted by molar-refractivity contribution is 7.34. The molecule has 642 valence electrons. The SMILES string of the molecule is [2H]c1c2c3c(c([2H])c1N(c1ccccc1)c1ccccc1)N(c1ccccc1)c1c(sc4ccccc14)B3c1cc3c(cc1N2)N(c1c(C)cc(C)cc1C)c1c([2H])c(N(c2ccccc2)c2ccccc2)c([2H])c2c1B3c1cc3c(cc1N2c1c(C)cc(C)cc1C)N(c1c(C)cc(C)cc1C)c1c([2H])c(N(c2ccccc2)c2ccccc2)c([2H])c2c1B3c1sc3ccccc3c1N2c1ccccc1. The second-order valence-electron chi connectivity index (χ2n) is 36.8. The molecule has 9 nitrogen and oxygen atoms in total. The molecule has 0 unspecified atom stereocenters. The van der Waals surface area contributed by atoms with Crippen molar-refractivity contribution >= 4 is 259 Å². The quantitative estimate of drug-likeness (QED) is 0.107. The highest BCUT2D eigenvalue weighted by Gasteiger charge is 2.53. The average Bonchev–Trinajstić information content (AvgIpc) is 1.63. The number of nitrogens with zero attached hydrogens (tertiary/aromatic N) is 8. The molecule has 26 rings (SSSR count). The van der Waals surface area contributed by atoms with Gasteiger partial charge in [0.15, 0.2) is 0 Å². The Kier molecular flexibility index (Phi) is 17.1. The number of aryl methyl sites for hydroxylation is 9. The standard InChI is InChI=1S/C121H92B3N9S2/c1-74-58-77(4)115(78(5)59-74)131-102-72-100-96(123-112-101(125-100)64-91(126(83-38-18-10-19-39-83)84-40-20-11-21-41-84)65-105(112)129(89-50-30-16-31-51-89)118-94-54-34-36-56-110(94)134-120(118)123)70-97(102)122-98-71-99-104(73-103(98)132(116-79(6)60-75(2)61-80(116)7)108-68-93(67-107(131)113(108)122)128(87-46-26-14-27-47-87)88-48-28-15-29-49-88)133(117-81(8)62-76(3)63-82(117)9)109-69-92(127(85-42-22-12-23-43-85)86-44-24-13-25-45-86)66-106-114(109)124(99)121-119(95-55-35-37-57-111(95)135-121)130(106)90-52-32-17-33-53-90/h10-73,125H,1-9H3/i64D,65D,66D,67D,68D,69D. The Hall–Kier alpha value is -15.7. The normalized spacial score (nSPS) is 13.8. The Morgan fingerprint density at radius 1 is 0.237 bits per heavy atom. The molecule has 6 aliphatic heterocycles. The average molecular weight is 1770 g/mol. The van der Waals surface area contributed by atoms with Crippen molar-refractivity contribution in [2.24, 2.45) is 0 Å². The molecule has 0 atom stereocenters. The van der Waals surface area contributed by atoms with E-state index in [9.17, 15) is 8.22 Å². The number of rotatable bonds is 14. The fraction of sp³-hybridized carbons (Fsp3) is 0.0744. The van der Waals surface area contributed by atoms with Gasteiger partial charge in [-0.15, -0.1) is 22.7 Å². The number of thiophene rings is 2. The maximum absolute atomic E-state index is 12.3. The minimum absolute atomic E-state index is 0.145. The Balaban J connectivity index is 0.853. The molecule has 135 heavy (non-hydrogen) atoms. The molecule has 18 aromatic carbocycles. The Bertz CT molecular complexity index is 8480. The van der Waals surface area contributed by atoms with E-state index in [1.165, 1.54) is 0 Å². The monoisotopic (exact) mass is 1770 g/mol. The summed E-state index contributed by atoms with van der Waals surface area (Å²) in [6.45, 7) is 17.7.